The van der Waals surface area contributed by atoms with Crippen LogP contribution in [0.1, 0.15) is 22.5 Å². The SMILES string of the molecule is Cn1nccc1CCC(=O)c1cccc2nccnc12. The highest BCUT2D eigenvalue weighted by molar-refractivity contribution is 6.05. The first-order chi connectivity index (χ1) is 9.75. The van der Waals surface area contributed by atoms with Gasteiger partial charge >= 0.3 is 0 Å². The molecule has 1 aromatic carbocycles. The molecule has 3 rings (SSSR count). The van der Waals surface area contributed by atoms with Crippen LogP contribution in [0.2, 0.25) is 0 Å². The van der Waals surface area contributed by atoms with Crippen molar-refractivity contribution in [3.8, 4) is 0 Å². The van der Waals surface area contributed by atoms with Crippen LogP contribution in [-0.4, -0.2) is 25.5 Å². The normalized spacial score (nSPS) is 10.8. The van der Waals surface area contributed by atoms with E-state index in [0.29, 0.717) is 23.9 Å². The molecular weight excluding hydrogens is 252 g/mol. The summed E-state index contributed by atoms with van der Waals surface area (Å²) in [5.41, 5.74) is 3.10. The Bertz CT molecular complexity index is 758. The lowest BCUT2D eigenvalue weighted by Gasteiger charge is -2.05. The van der Waals surface area contributed by atoms with Crippen LogP contribution in [0, 0.1) is 0 Å². The van der Waals surface area contributed by atoms with Gasteiger partial charge in [0, 0.05) is 43.3 Å². The van der Waals surface area contributed by atoms with Crippen LogP contribution in [0.4, 0.5) is 0 Å². The van der Waals surface area contributed by atoms with Crippen LogP contribution < -0.4 is 0 Å². The van der Waals surface area contributed by atoms with E-state index in [4.69, 9.17) is 0 Å². The molecule has 0 fully saturated rings. The fraction of sp³-hybridized carbons (Fsp3) is 0.200. The van der Waals surface area contributed by atoms with Crippen LogP contribution in [0.15, 0.2) is 42.9 Å². The molecule has 100 valence electrons. The van der Waals surface area contributed by atoms with Crippen LogP contribution >= 0.6 is 0 Å². The van der Waals surface area contributed by atoms with Gasteiger partial charge in [-0.25, -0.2) is 0 Å². The highest BCUT2D eigenvalue weighted by Crippen LogP contribution is 2.16. The van der Waals surface area contributed by atoms with E-state index in [1.165, 1.54) is 0 Å². The zero-order valence-corrected chi connectivity index (χ0v) is 11.2. The van der Waals surface area contributed by atoms with E-state index >= 15 is 0 Å². The number of carbonyl (C=O) groups excluding carboxylic acids is 1. The van der Waals surface area contributed by atoms with Crippen molar-refractivity contribution < 1.29 is 4.79 Å². The number of carbonyl (C=O) groups is 1. The Labute approximate surface area is 116 Å². The van der Waals surface area contributed by atoms with E-state index in [9.17, 15) is 4.79 Å². The third kappa shape index (κ3) is 2.30. The number of hydrogen-bond acceptors (Lipinski definition) is 4. The van der Waals surface area contributed by atoms with E-state index in [1.54, 1.807) is 23.3 Å². The number of aryl methyl sites for hydroxylation is 2. The van der Waals surface area contributed by atoms with Crippen molar-refractivity contribution in [1.29, 1.82) is 0 Å². The van der Waals surface area contributed by atoms with E-state index in [1.807, 2.05) is 31.3 Å². The molecule has 0 aliphatic heterocycles. The second-order valence-corrected chi connectivity index (χ2v) is 4.60. The maximum Gasteiger partial charge on any atom is 0.165 e. The van der Waals surface area contributed by atoms with Gasteiger partial charge in [0.05, 0.1) is 11.0 Å². The molecule has 0 atom stereocenters. The van der Waals surface area contributed by atoms with Crippen molar-refractivity contribution in [2.24, 2.45) is 7.05 Å². The molecule has 3 aromatic rings. The Morgan fingerprint density at radius 2 is 2.00 bits per heavy atom. The van der Waals surface area contributed by atoms with E-state index < -0.39 is 0 Å². The summed E-state index contributed by atoms with van der Waals surface area (Å²) in [6.07, 6.45) is 6.09. The third-order valence-corrected chi connectivity index (χ3v) is 3.33. The van der Waals surface area contributed by atoms with Crippen LogP contribution in [-0.2, 0) is 13.5 Å². The average molecular weight is 266 g/mol. The lowest BCUT2D eigenvalue weighted by molar-refractivity contribution is 0.0983. The number of rotatable bonds is 4. The Hall–Kier alpha value is -2.56. The topological polar surface area (TPSA) is 60.7 Å². The van der Waals surface area contributed by atoms with E-state index in [-0.39, 0.29) is 5.78 Å². The molecule has 5 heteroatoms. The number of fused-ring (bicyclic) bond motifs is 1. The van der Waals surface area contributed by atoms with Crippen molar-refractivity contribution in [3.63, 3.8) is 0 Å². The molecule has 0 N–H and O–H groups in total. The summed E-state index contributed by atoms with van der Waals surface area (Å²) in [6.45, 7) is 0. The largest absolute Gasteiger partial charge is 0.294 e. The minimum absolute atomic E-state index is 0.0808. The number of Topliss-reactive ketones (excluding diaryl/α,β-unsaturated/α-hetero) is 1. The summed E-state index contributed by atoms with van der Waals surface area (Å²) in [4.78, 5) is 20.9. The van der Waals surface area contributed by atoms with E-state index in [2.05, 4.69) is 15.1 Å². The molecule has 0 spiro atoms. The molecule has 0 aliphatic carbocycles. The Balaban J connectivity index is 1.84. The van der Waals surface area contributed by atoms with Crippen molar-refractivity contribution in [2.45, 2.75) is 12.8 Å². The first-order valence-corrected chi connectivity index (χ1v) is 6.45. The smallest absolute Gasteiger partial charge is 0.165 e. The van der Waals surface area contributed by atoms with Gasteiger partial charge in [0.25, 0.3) is 0 Å². The van der Waals surface area contributed by atoms with Gasteiger partial charge in [-0.3, -0.25) is 19.4 Å². The van der Waals surface area contributed by atoms with Crippen molar-refractivity contribution >= 4 is 16.8 Å². The van der Waals surface area contributed by atoms with Gasteiger partial charge in [-0.15, -0.1) is 0 Å². The predicted molar refractivity (Wildman–Crippen MR) is 75.4 cm³/mol. The zero-order chi connectivity index (χ0) is 13.9. The lowest BCUT2D eigenvalue weighted by Crippen LogP contribution is -2.06. The summed E-state index contributed by atoms with van der Waals surface area (Å²) < 4.78 is 1.79. The molecule has 0 unspecified atom stereocenters. The number of nitrogens with zero attached hydrogens (tertiary/aromatic N) is 4. The molecule has 5 nitrogen and oxygen atoms in total. The van der Waals surface area contributed by atoms with Gasteiger partial charge in [-0.2, -0.15) is 5.10 Å². The molecule has 0 saturated heterocycles. The summed E-state index contributed by atoms with van der Waals surface area (Å²) in [5.74, 6) is 0.0808. The monoisotopic (exact) mass is 266 g/mol. The van der Waals surface area contributed by atoms with Gasteiger partial charge in [0.1, 0.15) is 0 Å². The lowest BCUT2D eigenvalue weighted by atomic mass is 10.0. The molecular formula is C15H14N4O. The molecule has 0 radical (unpaired) electrons. The second-order valence-electron chi connectivity index (χ2n) is 4.60. The fourth-order valence-corrected chi connectivity index (χ4v) is 2.24. The summed E-state index contributed by atoms with van der Waals surface area (Å²) >= 11 is 0. The molecule has 0 bridgehead atoms. The minimum Gasteiger partial charge on any atom is -0.294 e. The maximum absolute atomic E-state index is 12.4. The highest BCUT2D eigenvalue weighted by Gasteiger charge is 2.12. The molecule has 0 amide bonds. The van der Waals surface area contributed by atoms with Gasteiger partial charge in [0.2, 0.25) is 0 Å². The second kappa shape index (κ2) is 5.21. The first-order valence-electron chi connectivity index (χ1n) is 6.45. The number of hydrogen-bond donors (Lipinski definition) is 0. The first kappa shape index (κ1) is 12.5. The standard InChI is InChI=1S/C15H14N4O/c1-19-11(7-8-18-19)5-6-14(20)12-3-2-4-13-15(12)17-10-9-16-13/h2-4,7-10H,5-6H2,1H3. The molecule has 0 saturated carbocycles. The van der Waals surface area contributed by atoms with Crippen LogP contribution in [0.25, 0.3) is 11.0 Å². The number of aromatic nitrogens is 4. The van der Waals surface area contributed by atoms with Gasteiger partial charge in [0.15, 0.2) is 5.78 Å². The molecule has 0 aliphatic rings. The Morgan fingerprint density at radius 3 is 2.80 bits per heavy atom. The van der Waals surface area contributed by atoms with Gasteiger partial charge in [-0.05, 0) is 24.6 Å². The van der Waals surface area contributed by atoms with Crippen molar-refractivity contribution in [2.75, 3.05) is 0 Å². The number of ketones is 1. The maximum atomic E-state index is 12.4. The summed E-state index contributed by atoms with van der Waals surface area (Å²) in [6, 6.07) is 7.44. The predicted octanol–water partition coefficient (Wildman–Crippen LogP) is 2.18. The number of benzene rings is 1. The Kier molecular flexibility index (Phi) is 3.25. The summed E-state index contributed by atoms with van der Waals surface area (Å²) in [7, 11) is 1.88. The number of para-hydroxylation sites is 1. The minimum atomic E-state index is 0.0808. The Morgan fingerprint density at radius 1 is 1.15 bits per heavy atom. The summed E-state index contributed by atoms with van der Waals surface area (Å²) in [5, 5.41) is 4.10. The molecule has 2 heterocycles. The molecule has 20 heavy (non-hydrogen) atoms. The van der Waals surface area contributed by atoms with Gasteiger partial charge < -0.3 is 0 Å². The van der Waals surface area contributed by atoms with E-state index in [0.717, 1.165) is 11.2 Å². The van der Waals surface area contributed by atoms with Crippen molar-refractivity contribution in [3.05, 3.63) is 54.1 Å². The highest BCUT2D eigenvalue weighted by atomic mass is 16.1. The zero-order valence-electron chi connectivity index (χ0n) is 11.2. The quantitative estimate of drug-likeness (QED) is 0.679. The van der Waals surface area contributed by atoms with Crippen LogP contribution in [0.5, 0.6) is 0 Å². The molecule has 2 aromatic heterocycles. The third-order valence-electron chi connectivity index (χ3n) is 3.33. The average Bonchev–Trinajstić information content (AvgIpc) is 2.89. The fourth-order valence-electron chi connectivity index (χ4n) is 2.24. The van der Waals surface area contributed by atoms with Gasteiger partial charge in [-0.1, -0.05) is 6.07 Å². The van der Waals surface area contributed by atoms with Crippen molar-refractivity contribution in [1.82, 2.24) is 19.7 Å². The van der Waals surface area contributed by atoms with Crippen LogP contribution in [0.3, 0.4) is 0 Å².